The quantitative estimate of drug-likeness (QED) is 0.738. The zero-order valence-corrected chi connectivity index (χ0v) is 14.2. The molecule has 0 fully saturated rings. The molecule has 3 aromatic rings. The van der Waals surface area contributed by atoms with Crippen molar-refractivity contribution in [3.63, 3.8) is 0 Å². The molecule has 0 N–H and O–H groups in total. The van der Waals surface area contributed by atoms with Crippen LogP contribution >= 0.6 is 11.3 Å². The second-order valence-corrected chi connectivity index (χ2v) is 7.38. The Balaban J connectivity index is 1.53. The van der Waals surface area contributed by atoms with E-state index in [1.54, 1.807) is 12.7 Å². The number of thiophene rings is 1. The maximum Gasteiger partial charge on any atom is 0.137 e. The van der Waals surface area contributed by atoms with Crippen LogP contribution in [0, 0.1) is 6.92 Å². The van der Waals surface area contributed by atoms with Crippen molar-refractivity contribution in [2.75, 3.05) is 6.54 Å². The number of rotatable bonds is 4. The number of aryl methyl sites for hydroxylation is 1. The van der Waals surface area contributed by atoms with Gasteiger partial charge in [-0.1, -0.05) is 0 Å². The molecule has 0 aliphatic carbocycles. The molecule has 0 bridgehead atoms. The molecule has 4 rings (SSSR count). The van der Waals surface area contributed by atoms with Crippen molar-refractivity contribution in [2.24, 2.45) is 0 Å². The van der Waals surface area contributed by atoms with Gasteiger partial charge in [0.05, 0.1) is 24.5 Å². The largest absolute Gasteiger partial charge is 0.328 e. The van der Waals surface area contributed by atoms with Crippen LogP contribution in [0.15, 0.2) is 31.0 Å². The van der Waals surface area contributed by atoms with E-state index in [0.29, 0.717) is 6.04 Å². The standard InChI is InChI=1S/C16H20N6S/c1-12-3-4-15(23-12)9-20-5-6-22-14(7-18-16(22)13(20)2)8-21-11-17-10-19-21/h3-4,7,10-11,13H,5-6,8-9H2,1-2H3/t13-/m1/s1. The van der Waals surface area contributed by atoms with Crippen molar-refractivity contribution in [3.8, 4) is 0 Å². The third kappa shape index (κ3) is 2.82. The lowest BCUT2D eigenvalue weighted by atomic mass is 10.2. The minimum absolute atomic E-state index is 0.329. The van der Waals surface area contributed by atoms with Crippen molar-refractivity contribution < 1.29 is 0 Å². The minimum Gasteiger partial charge on any atom is -0.328 e. The van der Waals surface area contributed by atoms with Crippen LogP contribution in [-0.2, 0) is 19.6 Å². The highest BCUT2D eigenvalue weighted by Gasteiger charge is 2.27. The molecule has 23 heavy (non-hydrogen) atoms. The summed E-state index contributed by atoms with van der Waals surface area (Å²) in [7, 11) is 0. The predicted molar refractivity (Wildman–Crippen MR) is 89.2 cm³/mol. The molecule has 0 aromatic carbocycles. The lowest BCUT2D eigenvalue weighted by molar-refractivity contribution is 0.156. The van der Waals surface area contributed by atoms with Gasteiger partial charge in [0.2, 0.25) is 0 Å². The summed E-state index contributed by atoms with van der Waals surface area (Å²) >= 11 is 1.89. The fourth-order valence-electron chi connectivity index (χ4n) is 3.20. The zero-order chi connectivity index (χ0) is 15.8. The van der Waals surface area contributed by atoms with Crippen molar-refractivity contribution in [3.05, 3.63) is 52.3 Å². The second kappa shape index (κ2) is 5.90. The number of imidazole rings is 1. The lowest BCUT2D eigenvalue weighted by Crippen LogP contribution is -2.37. The van der Waals surface area contributed by atoms with E-state index in [9.17, 15) is 0 Å². The lowest BCUT2D eigenvalue weighted by Gasteiger charge is -2.34. The van der Waals surface area contributed by atoms with Crippen molar-refractivity contribution in [1.82, 2.24) is 29.2 Å². The van der Waals surface area contributed by atoms with Gasteiger partial charge < -0.3 is 4.57 Å². The van der Waals surface area contributed by atoms with Gasteiger partial charge in [0.25, 0.3) is 0 Å². The van der Waals surface area contributed by atoms with E-state index >= 15 is 0 Å². The summed E-state index contributed by atoms with van der Waals surface area (Å²) < 4.78 is 4.18. The van der Waals surface area contributed by atoms with Gasteiger partial charge in [-0.05, 0) is 26.0 Å². The summed E-state index contributed by atoms with van der Waals surface area (Å²) in [5.41, 5.74) is 1.20. The van der Waals surface area contributed by atoms with E-state index in [-0.39, 0.29) is 0 Å². The molecular weight excluding hydrogens is 308 g/mol. The number of fused-ring (bicyclic) bond motifs is 1. The molecule has 6 nitrogen and oxygen atoms in total. The average Bonchev–Trinajstić information content (AvgIpc) is 3.25. The molecule has 0 radical (unpaired) electrons. The van der Waals surface area contributed by atoms with E-state index in [1.807, 2.05) is 22.2 Å². The smallest absolute Gasteiger partial charge is 0.137 e. The maximum absolute atomic E-state index is 4.68. The molecule has 0 saturated carbocycles. The number of nitrogens with zero attached hydrogens (tertiary/aromatic N) is 6. The molecule has 0 spiro atoms. The first-order chi connectivity index (χ1) is 11.2. The fraction of sp³-hybridized carbons (Fsp3) is 0.438. The molecule has 3 aromatic heterocycles. The van der Waals surface area contributed by atoms with E-state index in [1.165, 1.54) is 15.4 Å². The summed E-state index contributed by atoms with van der Waals surface area (Å²) in [6.07, 6.45) is 5.30. The Labute approximate surface area is 139 Å². The van der Waals surface area contributed by atoms with Crippen LogP contribution in [0.25, 0.3) is 0 Å². The fourth-order valence-corrected chi connectivity index (χ4v) is 4.11. The number of hydrogen-bond acceptors (Lipinski definition) is 5. The first-order valence-corrected chi connectivity index (χ1v) is 8.68. The molecule has 120 valence electrons. The van der Waals surface area contributed by atoms with Crippen LogP contribution in [0.3, 0.4) is 0 Å². The average molecular weight is 328 g/mol. The first-order valence-electron chi connectivity index (χ1n) is 7.87. The highest BCUT2D eigenvalue weighted by atomic mass is 32.1. The van der Waals surface area contributed by atoms with Crippen LogP contribution in [-0.4, -0.2) is 35.8 Å². The molecule has 0 unspecified atom stereocenters. The summed E-state index contributed by atoms with van der Waals surface area (Å²) in [5.74, 6) is 1.15. The third-order valence-electron chi connectivity index (χ3n) is 4.45. The van der Waals surface area contributed by atoms with Crippen molar-refractivity contribution in [2.45, 2.75) is 39.5 Å². The Hall–Kier alpha value is -1.99. The maximum atomic E-state index is 4.68. The third-order valence-corrected chi connectivity index (χ3v) is 5.43. The van der Waals surface area contributed by atoms with Gasteiger partial charge in [-0.3, -0.25) is 4.90 Å². The summed E-state index contributed by atoms with van der Waals surface area (Å²) in [5, 5.41) is 4.19. The second-order valence-electron chi connectivity index (χ2n) is 6.01. The molecule has 0 saturated heterocycles. The Bertz CT molecular complexity index is 787. The van der Waals surface area contributed by atoms with Crippen LogP contribution < -0.4 is 0 Å². The highest BCUT2D eigenvalue weighted by Crippen LogP contribution is 2.28. The van der Waals surface area contributed by atoms with E-state index in [0.717, 1.165) is 32.0 Å². The van der Waals surface area contributed by atoms with Crippen LogP contribution in [0.1, 0.15) is 34.2 Å². The molecule has 0 amide bonds. The number of aromatic nitrogens is 5. The summed E-state index contributed by atoms with van der Waals surface area (Å²) in [6, 6.07) is 4.77. The molecule has 1 aliphatic rings. The van der Waals surface area contributed by atoms with E-state index in [2.05, 4.69) is 50.5 Å². The van der Waals surface area contributed by atoms with Gasteiger partial charge in [-0.25, -0.2) is 14.6 Å². The van der Waals surface area contributed by atoms with E-state index < -0.39 is 0 Å². The van der Waals surface area contributed by atoms with Gasteiger partial charge in [0, 0.05) is 29.4 Å². The van der Waals surface area contributed by atoms with Gasteiger partial charge in [0.1, 0.15) is 18.5 Å². The van der Waals surface area contributed by atoms with Crippen LogP contribution in [0.2, 0.25) is 0 Å². The van der Waals surface area contributed by atoms with Gasteiger partial charge in [0.15, 0.2) is 0 Å². The summed E-state index contributed by atoms with van der Waals surface area (Å²) in [6.45, 7) is 8.17. The van der Waals surface area contributed by atoms with Crippen molar-refractivity contribution >= 4 is 11.3 Å². The molecule has 1 aliphatic heterocycles. The summed E-state index contributed by atoms with van der Waals surface area (Å²) in [4.78, 5) is 14.0. The topological polar surface area (TPSA) is 51.8 Å². The van der Waals surface area contributed by atoms with E-state index in [4.69, 9.17) is 0 Å². The SMILES string of the molecule is Cc1ccc(CN2CCn3c(Cn4cncn4)cnc3[C@H]2C)s1. The highest BCUT2D eigenvalue weighted by molar-refractivity contribution is 7.11. The Morgan fingerprint density at radius 3 is 2.91 bits per heavy atom. The zero-order valence-electron chi connectivity index (χ0n) is 13.4. The Morgan fingerprint density at radius 2 is 2.17 bits per heavy atom. The molecule has 1 atom stereocenters. The Kier molecular flexibility index (Phi) is 3.74. The minimum atomic E-state index is 0.329. The van der Waals surface area contributed by atoms with Gasteiger partial charge in [-0.15, -0.1) is 11.3 Å². The molecular formula is C16H20N6S. The number of hydrogen-bond donors (Lipinski definition) is 0. The van der Waals surface area contributed by atoms with Crippen LogP contribution in [0.4, 0.5) is 0 Å². The Morgan fingerprint density at radius 1 is 1.26 bits per heavy atom. The van der Waals surface area contributed by atoms with Crippen molar-refractivity contribution in [1.29, 1.82) is 0 Å². The molecule has 7 heteroatoms. The van der Waals surface area contributed by atoms with Gasteiger partial charge in [-0.2, -0.15) is 5.10 Å². The predicted octanol–water partition coefficient (Wildman–Crippen LogP) is 2.47. The normalized spacial score (nSPS) is 18.3. The first kappa shape index (κ1) is 14.6. The van der Waals surface area contributed by atoms with Gasteiger partial charge >= 0.3 is 0 Å². The van der Waals surface area contributed by atoms with Crippen LogP contribution in [0.5, 0.6) is 0 Å². The monoisotopic (exact) mass is 328 g/mol. The molecule has 4 heterocycles.